The van der Waals surface area contributed by atoms with Gasteiger partial charge in [0.1, 0.15) is 5.00 Å². The van der Waals surface area contributed by atoms with Gasteiger partial charge in [-0.1, -0.05) is 23.2 Å². The van der Waals surface area contributed by atoms with Gasteiger partial charge in [0.15, 0.2) is 0 Å². The van der Waals surface area contributed by atoms with Gasteiger partial charge in [0.05, 0.1) is 5.56 Å². The van der Waals surface area contributed by atoms with Gasteiger partial charge in [-0.25, -0.2) is 4.79 Å². The number of hydrogen-bond acceptors (Lipinski definition) is 3. The highest BCUT2D eigenvalue weighted by Gasteiger charge is 2.17. The molecule has 0 spiro atoms. The lowest BCUT2D eigenvalue weighted by molar-refractivity contribution is 0.0698. The van der Waals surface area contributed by atoms with E-state index in [1.807, 2.05) is 0 Å². The van der Waals surface area contributed by atoms with Crippen LogP contribution in [-0.2, 0) is 0 Å². The number of nitrogens with one attached hydrogen (secondary N) is 1. The van der Waals surface area contributed by atoms with E-state index in [2.05, 4.69) is 5.32 Å². The van der Waals surface area contributed by atoms with Crippen molar-refractivity contribution < 1.29 is 14.7 Å². The lowest BCUT2D eigenvalue weighted by Gasteiger charge is -2.05. The molecule has 1 amide bonds. The second kappa shape index (κ2) is 5.83. The second-order valence-electron chi connectivity index (χ2n) is 4.02. The van der Waals surface area contributed by atoms with Crippen molar-refractivity contribution in [2.45, 2.75) is 6.92 Å². The minimum Gasteiger partial charge on any atom is -0.478 e. The predicted octanol–water partition coefficient (Wildman–Crippen LogP) is 4.31. The number of aromatic carboxylic acids is 1. The summed E-state index contributed by atoms with van der Waals surface area (Å²) in [6, 6.07) is 5.94. The maximum absolute atomic E-state index is 12.1. The molecule has 20 heavy (non-hydrogen) atoms. The summed E-state index contributed by atoms with van der Waals surface area (Å²) in [6.45, 7) is 1.77. The summed E-state index contributed by atoms with van der Waals surface area (Å²) in [5, 5.41) is 12.6. The van der Waals surface area contributed by atoms with E-state index in [-0.39, 0.29) is 16.1 Å². The van der Waals surface area contributed by atoms with Crippen LogP contribution >= 0.6 is 34.5 Å². The molecule has 0 saturated carbocycles. The fraction of sp³-hybridized carbons (Fsp3) is 0.0769. The predicted molar refractivity (Wildman–Crippen MR) is 80.4 cm³/mol. The molecule has 1 aromatic heterocycles. The normalized spacial score (nSPS) is 10.3. The van der Waals surface area contributed by atoms with Gasteiger partial charge >= 0.3 is 5.97 Å². The van der Waals surface area contributed by atoms with E-state index in [4.69, 9.17) is 28.3 Å². The zero-order valence-electron chi connectivity index (χ0n) is 10.2. The zero-order chi connectivity index (χ0) is 14.9. The summed E-state index contributed by atoms with van der Waals surface area (Å²) in [4.78, 5) is 24.0. The Labute approximate surface area is 128 Å². The summed E-state index contributed by atoms with van der Waals surface area (Å²) >= 11 is 12.8. The van der Waals surface area contributed by atoms with Crippen molar-refractivity contribution in [2.24, 2.45) is 0 Å². The monoisotopic (exact) mass is 329 g/mol. The molecule has 0 unspecified atom stereocenters. The molecule has 2 N–H and O–H groups in total. The molecule has 0 aliphatic carbocycles. The van der Waals surface area contributed by atoms with Gasteiger partial charge in [-0.05, 0) is 31.2 Å². The lowest BCUT2D eigenvalue weighted by Crippen LogP contribution is -2.13. The number of carboxylic acids is 1. The molecule has 0 fully saturated rings. The van der Waals surface area contributed by atoms with Crippen LogP contribution in [0.5, 0.6) is 0 Å². The largest absolute Gasteiger partial charge is 0.478 e. The van der Waals surface area contributed by atoms with Crippen LogP contribution in [0.2, 0.25) is 10.0 Å². The highest BCUT2D eigenvalue weighted by Crippen LogP contribution is 2.28. The van der Waals surface area contributed by atoms with Crippen LogP contribution in [0, 0.1) is 6.92 Å². The van der Waals surface area contributed by atoms with Crippen LogP contribution in [0.4, 0.5) is 5.00 Å². The number of aryl methyl sites for hydroxylation is 1. The number of hydrogen-bond donors (Lipinski definition) is 2. The number of carboxylic acid groups (broad SMARTS) is 1. The smallest absolute Gasteiger partial charge is 0.338 e. The van der Waals surface area contributed by atoms with E-state index in [9.17, 15) is 9.59 Å². The van der Waals surface area contributed by atoms with E-state index >= 15 is 0 Å². The second-order valence-corrected chi connectivity index (χ2v) is 6.15. The molecule has 2 rings (SSSR count). The summed E-state index contributed by atoms with van der Waals surface area (Å²) in [6.07, 6.45) is 0. The first-order valence-electron chi connectivity index (χ1n) is 5.48. The number of halogens is 2. The van der Waals surface area contributed by atoms with Crippen molar-refractivity contribution in [3.8, 4) is 0 Å². The first-order chi connectivity index (χ1) is 9.36. The summed E-state index contributed by atoms with van der Waals surface area (Å²) in [7, 11) is 0. The number of amides is 1. The van der Waals surface area contributed by atoms with E-state index in [1.54, 1.807) is 6.92 Å². The Morgan fingerprint density at radius 1 is 1.15 bits per heavy atom. The van der Waals surface area contributed by atoms with Crippen molar-refractivity contribution in [3.05, 3.63) is 50.3 Å². The van der Waals surface area contributed by atoms with Crippen molar-refractivity contribution in [3.63, 3.8) is 0 Å². The Bertz CT molecular complexity index is 677. The van der Waals surface area contributed by atoms with Crippen LogP contribution in [-0.4, -0.2) is 17.0 Å². The van der Waals surface area contributed by atoms with Gasteiger partial charge in [-0.2, -0.15) is 0 Å². The third-order valence-corrected chi connectivity index (χ3v) is 3.84. The molecule has 0 saturated heterocycles. The fourth-order valence-corrected chi connectivity index (χ4v) is 3.05. The summed E-state index contributed by atoms with van der Waals surface area (Å²) in [5.41, 5.74) is 0.332. The Balaban J connectivity index is 2.30. The maximum atomic E-state index is 12.1. The molecular formula is C13H9Cl2NO3S. The SMILES string of the molecule is Cc1cc(C(=O)O)c(NC(=O)c2cc(Cl)cc(Cl)c2)s1. The van der Waals surface area contributed by atoms with Gasteiger partial charge in [0.2, 0.25) is 0 Å². The van der Waals surface area contributed by atoms with Crippen molar-refractivity contribution in [1.29, 1.82) is 0 Å². The highest BCUT2D eigenvalue weighted by molar-refractivity contribution is 7.16. The molecule has 0 atom stereocenters. The minimum atomic E-state index is -1.09. The molecule has 104 valence electrons. The average molecular weight is 330 g/mol. The molecule has 0 aliphatic heterocycles. The third-order valence-electron chi connectivity index (χ3n) is 2.44. The molecular weight excluding hydrogens is 321 g/mol. The highest BCUT2D eigenvalue weighted by atomic mass is 35.5. The Morgan fingerprint density at radius 3 is 2.30 bits per heavy atom. The molecule has 0 bridgehead atoms. The van der Waals surface area contributed by atoms with Crippen LogP contribution < -0.4 is 5.32 Å². The summed E-state index contributed by atoms with van der Waals surface area (Å²) in [5.74, 6) is -1.55. The van der Waals surface area contributed by atoms with Crippen molar-refractivity contribution in [2.75, 3.05) is 5.32 Å². The van der Waals surface area contributed by atoms with E-state index in [0.29, 0.717) is 10.0 Å². The van der Waals surface area contributed by atoms with Gasteiger partial charge in [0, 0.05) is 20.5 Å². The number of thiophene rings is 1. The third kappa shape index (κ3) is 3.30. The lowest BCUT2D eigenvalue weighted by atomic mass is 10.2. The van der Waals surface area contributed by atoms with E-state index < -0.39 is 11.9 Å². The summed E-state index contributed by atoms with van der Waals surface area (Å²) < 4.78 is 0. The van der Waals surface area contributed by atoms with Gasteiger partial charge < -0.3 is 10.4 Å². The molecule has 1 heterocycles. The van der Waals surface area contributed by atoms with Crippen molar-refractivity contribution in [1.82, 2.24) is 0 Å². The van der Waals surface area contributed by atoms with E-state index in [1.165, 1.54) is 35.6 Å². The Hall–Kier alpha value is -1.56. The first-order valence-corrected chi connectivity index (χ1v) is 7.05. The van der Waals surface area contributed by atoms with Crippen LogP contribution in [0.25, 0.3) is 0 Å². The molecule has 1 aromatic carbocycles. The Kier molecular flexibility index (Phi) is 4.32. The van der Waals surface area contributed by atoms with Gasteiger partial charge in [0.25, 0.3) is 5.91 Å². The first kappa shape index (κ1) is 14.8. The standard InChI is InChI=1S/C13H9Cl2NO3S/c1-6-2-10(13(18)19)12(20-6)16-11(17)7-3-8(14)5-9(15)4-7/h2-5H,1H3,(H,16,17)(H,18,19). The topological polar surface area (TPSA) is 66.4 Å². The van der Waals surface area contributed by atoms with Crippen LogP contribution in [0.1, 0.15) is 25.6 Å². The zero-order valence-corrected chi connectivity index (χ0v) is 12.6. The Morgan fingerprint density at radius 2 is 1.75 bits per heavy atom. The minimum absolute atomic E-state index is 0.0639. The average Bonchev–Trinajstić information content (AvgIpc) is 2.69. The fourth-order valence-electron chi connectivity index (χ4n) is 1.63. The van der Waals surface area contributed by atoms with Crippen LogP contribution in [0.3, 0.4) is 0 Å². The number of benzene rings is 1. The number of carbonyl (C=O) groups excluding carboxylic acids is 1. The van der Waals surface area contributed by atoms with Crippen molar-refractivity contribution >= 4 is 51.4 Å². The molecule has 7 heteroatoms. The number of rotatable bonds is 3. The molecule has 0 aliphatic rings. The molecule has 0 radical (unpaired) electrons. The quantitative estimate of drug-likeness (QED) is 0.881. The molecule has 4 nitrogen and oxygen atoms in total. The van der Waals surface area contributed by atoms with Crippen LogP contribution in [0.15, 0.2) is 24.3 Å². The van der Waals surface area contributed by atoms with E-state index in [0.717, 1.165) is 4.88 Å². The molecule has 2 aromatic rings. The number of anilines is 1. The van der Waals surface area contributed by atoms with Gasteiger partial charge in [-0.15, -0.1) is 11.3 Å². The number of carbonyl (C=O) groups is 2. The maximum Gasteiger partial charge on any atom is 0.338 e. The van der Waals surface area contributed by atoms with Gasteiger partial charge in [-0.3, -0.25) is 4.79 Å².